The van der Waals surface area contributed by atoms with Gasteiger partial charge in [0.2, 0.25) is 0 Å². The highest BCUT2D eigenvalue weighted by atomic mass is 16.5. The Hall–Kier alpha value is -1.64. The largest absolute Gasteiger partial charge is 0.371 e. The van der Waals surface area contributed by atoms with Gasteiger partial charge in [0.25, 0.3) is 0 Å². The van der Waals surface area contributed by atoms with E-state index in [9.17, 15) is 0 Å². The molecule has 0 saturated carbocycles. The van der Waals surface area contributed by atoms with Crippen LogP contribution in [0.15, 0.2) is 60.7 Å². The Morgan fingerprint density at radius 3 is 2.21 bits per heavy atom. The second kappa shape index (κ2) is 6.70. The Bertz CT molecular complexity index is 646. The molecule has 0 spiro atoms. The first-order valence-electron chi connectivity index (χ1n) is 9.28. The maximum Gasteiger partial charge on any atom is 0.134 e. The molecular weight excluding hydrogens is 294 g/mol. The van der Waals surface area contributed by atoms with Crippen LogP contribution in [0.25, 0.3) is 0 Å². The summed E-state index contributed by atoms with van der Waals surface area (Å²) in [5.41, 5.74) is 2.80. The first-order chi connectivity index (χ1) is 11.8. The van der Waals surface area contributed by atoms with Crippen molar-refractivity contribution in [1.82, 2.24) is 0 Å². The smallest absolute Gasteiger partial charge is 0.134 e. The fourth-order valence-electron chi connectivity index (χ4n) is 5.06. The van der Waals surface area contributed by atoms with Crippen molar-refractivity contribution in [3.05, 3.63) is 71.8 Å². The fraction of sp³-hybridized carbons (Fsp3) is 0.455. The lowest BCUT2D eigenvalue weighted by atomic mass is 9.77. The quantitative estimate of drug-likeness (QED) is 0.733. The lowest BCUT2D eigenvalue weighted by Crippen LogP contribution is -2.65. The molecule has 3 fully saturated rings. The zero-order valence-corrected chi connectivity index (χ0v) is 14.6. The number of rotatable bonds is 5. The summed E-state index contributed by atoms with van der Waals surface area (Å²) in [5, 5.41) is 0. The van der Waals surface area contributed by atoms with E-state index in [0.29, 0.717) is 6.04 Å². The van der Waals surface area contributed by atoms with E-state index in [0.717, 1.165) is 12.5 Å². The molecule has 0 aromatic heterocycles. The van der Waals surface area contributed by atoms with E-state index in [1.54, 1.807) is 0 Å². The van der Waals surface area contributed by atoms with Gasteiger partial charge in [-0.05, 0) is 24.3 Å². The van der Waals surface area contributed by atoms with Crippen LogP contribution in [0.1, 0.15) is 36.5 Å². The van der Waals surface area contributed by atoms with Crippen molar-refractivity contribution in [2.24, 2.45) is 5.92 Å². The van der Waals surface area contributed by atoms with Crippen LogP contribution in [-0.2, 0) is 11.3 Å². The summed E-state index contributed by atoms with van der Waals surface area (Å²) in [6.45, 7) is 3.75. The zero-order chi connectivity index (χ0) is 16.4. The minimum atomic E-state index is 0.206. The maximum atomic E-state index is 6.08. The maximum absolute atomic E-state index is 6.08. The molecule has 3 aliphatic heterocycles. The molecule has 2 heteroatoms. The van der Waals surface area contributed by atoms with E-state index in [1.807, 2.05) is 7.11 Å². The molecule has 3 heterocycles. The number of quaternary nitrogens is 1. The monoisotopic (exact) mass is 322 g/mol. The molecular formula is C22H28NO+. The van der Waals surface area contributed by atoms with E-state index in [4.69, 9.17) is 4.74 Å². The molecule has 5 rings (SSSR count). The van der Waals surface area contributed by atoms with E-state index in [2.05, 4.69) is 60.7 Å². The summed E-state index contributed by atoms with van der Waals surface area (Å²) in [4.78, 5) is 0. The van der Waals surface area contributed by atoms with Crippen LogP contribution in [0.5, 0.6) is 0 Å². The van der Waals surface area contributed by atoms with E-state index in [-0.39, 0.29) is 6.10 Å². The summed E-state index contributed by atoms with van der Waals surface area (Å²) < 4.78 is 7.28. The Morgan fingerprint density at radius 2 is 1.58 bits per heavy atom. The van der Waals surface area contributed by atoms with Crippen molar-refractivity contribution in [3.8, 4) is 0 Å². The standard InChI is InChI=1S/C22H28NO/c1-24-22(20-10-6-3-7-11-20)21-16-18-12-14-23(21,15-13-18)17-19-8-4-2-5-9-19/h2-11,18,21-22H,12-17H2,1H3/q+1/t18?,21-,22+,23?/m1/s1. The van der Waals surface area contributed by atoms with Gasteiger partial charge in [-0.2, -0.15) is 0 Å². The molecule has 2 aromatic rings. The molecule has 2 bridgehead atoms. The van der Waals surface area contributed by atoms with Gasteiger partial charge in [-0.25, -0.2) is 0 Å². The van der Waals surface area contributed by atoms with Crippen LogP contribution in [0.2, 0.25) is 0 Å². The fourth-order valence-corrected chi connectivity index (χ4v) is 5.06. The van der Waals surface area contributed by atoms with E-state index in [1.165, 1.54) is 48.0 Å². The average molecular weight is 322 g/mol. The summed E-state index contributed by atoms with van der Waals surface area (Å²) in [6.07, 6.45) is 4.28. The van der Waals surface area contributed by atoms with Gasteiger partial charge in [-0.1, -0.05) is 60.7 Å². The van der Waals surface area contributed by atoms with E-state index < -0.39 is 0 Å². The third-order valence-corrected chi connectivity index (χ3v) is 6.32. The highest BCUT2D eigenvalue weighted by Crippen LogP contribution is 2.45. The number of piperidine rings is 3. The molecule has 3 saturated heterocycles. The Balaban J connectivity index is 1.67. The number of methoxy groups -OCH3 is 1. The van der Waals surface area contributed by atoms with Gasteiger partial charge in [0.05, 0.1) is 13.1 Å². The predicted octanol–water partition coefficient (Wildman–Crippen LogP) is 4.57. The lowest BCUT2D eigenvalue weighted by molar-refractivity contribution is -0.982. The topological polar surface area (TPSA) is 9.23 Å². The molecule has 3 aliphatic rings. The predicted molar refractivity (Wildman–Crippen MR) is 97.5 cm³/mol. The third kappa shape index (κ3) is 2.89. The Morgan fingerprint density at radius 1 is 0.958 bits per heavy atom. The van der Waals surface area contributed by atoms with Gasteiger partial charge in [0.1, 0.15) is 18.7 Å². The number of hydrogen-bond acceptors (Lipinski definition) is 1. The first-order valence-corrected chi connectivity index (χ1v) is 9.28. The number of hydrogen-bond donors (Lipinski definition) is 0. The minimum Gasteiger partial charge on any atom is -0.371 e. The summed E-state index contributed by atoms with van der Waals surface area (Å²) in [6, 6.07) is 22.4. The molecule has 2 atom stereocenters. The van der Waals surface area contributed by atoms with Gasteiger partial charge in [-0.15, -0.1) is 0 Å². The van der Waals surface area contributed by atoms with Crippen LogP contribution in [0.3, 0.4) is 0 Å². The minimum absolute atomic E-state index is 0.206. The van der Waals surface area contributed by atoms with Crippen molar-refractivity contribution in [3.63, 3.8) is 0 Å². The summed E-state index contributed by atoms with van der Waals surface area (Å²) >= 11 is 0. The summed E-state index contributed by atoms with van der Waals surface area (Å²) in [7, 11) is 1.89. The number of fused-ring (bicyclic) bond motifs is 3. The lowest BCUT2D eigenvalue weighted by Gasteiger charge is -2.56. The second-order valence-electron chi connectivity index (χ2n) is 7.62. The molecule has 0 radical (unpaired) electrons. The third-order valence-electron chi connectivity index (χ3n) is 6.32. The molecule has 0 amide bonds. The highest BCUT2D eigenvalue weighted by Gasteiger charge is 2.51. The van der Waals surface area contributed by atoms with Crippen LogP contribution in [-0.4, -0.2) is 30.7 Å². The molecule has 2 aromatic carbocycles. The van der Waals surface area contributed by atoms with Crippen LogP contribution >= 0.6 is 0 Å². The van der Waals surface area contributed by atoms with Gasteiger partial charge in [-0.3, -0.25) is 0 Å². The van der Waals surface area contributed by atoms with Gasteiger partial charge in [0, 0.05) is 19.1 Å². The van der Waals surface area contributed by atoms with Crippen molar-refractivity contribution >= 4 is 0 Å². The van der Waals surface area contributed by atoms with Gasteiger partial charge < -0.3 is 9.22 Å². The molecule has 0 unspecified atom stereocenters. The van der Waals surface area contributed by atoms with Crippen LogP contribution in [0.4, 0.5) is 0 Å². The number of benzene rings is 2. The Labute approximate surface area is 145 Å². The average Bonchev–Trinajstić information content (AvgIpc) is 2.65. The molecule has 24 heavy (non-hydrogen) atoms. The normalized spacial score (nSPS) is 30.2. The first kappa shape index (κ1) is 15.9. The molecule has 126 valence electrons. The SMILES string of the molecule is CO[C@@H](c1ccccc1)[C@H]1CC2CC[N+]1(Cc1ccccc1)CC2. The number of ether oxygens (including phenoxy) is 1. The van der Waals surface area contributed by atoms with Crippen molar-refractivity contribution in [1.29, 1.82) is 0 Å². The van der Waals surface area contributed by atoms with Crippen LogP contribution < -0.4 is 0 Å². The van der Waals surface area contributed by atoms with Crippen molar-refractivity contribution < 1.29 is 9.22 Å². The molecule has 2 nitrogen and oxygen atoms in total. The highest BCUT2D eigenvalue weighted by molar-refractivity contribution is 5.19. The molecule has 0 aliphatic carbocycles. The Kier molecular flexibility index (Phi) is 4.43. The van der Waals surface area contributed by atoms with Crippen LogP contribution in [0, 0.1) is 5.92 Å². The van der Waals surface area contributed by atoms with E-state index >= 15 is 0 Å². The second-order valence-corrected chi connectivity index (χ2v) is 7.62. The van der Waals surface area contributed by atoms with Gasteiger partial charge >= 0.3 is 0 Å². The zero-order valence-electron chi connectivity index (χ0n) is 14.6. The summed E-state index contributed by atoms with van der Waals surface area (Å²) in [5.74, 6) is 0.895. The van der Waals surface area contributed by atoms with Gasteiger partial charge in [0.15, 0.2) is 0 Å². The van der Waals surface area contributed by atoms with Crippen molar-refractivity contribution in [2.45, 2.75) is 38.0 Å². The number of nitrogens with zero attached hydrogens (tertiary/aromatic N) is 1. The molecule has 0 N–H and O–H groups in total. The van der Waals surface area contributed by atoms with Crippen molar-refractivity contribution in [2.75, 3.05) is 20.2 Å².